The number of amides is 2. The lowest BCUT2D eigenvalue weighted by atomic mass is 9.98. The van der Waals surface area contributed by atoms with E-state index in [9.17, 15) is 4.79 Å². The van der Waals surface area contributed by atoms with Crippen LogP contribution in [0.3, 0.4) is 0 Å². The smallest absolute Gasteiger partial charge is 0.317 e. The van der Waals surface area contributed by atoms with Crippen molar-refractivity contribution >= 4 is 6.03 Å². The lowest BCUT2D eigenvalue weighted by molar-refractivity contribution is 0.148. The monoisotopic (exact) mass is 345 g/mol. The molecule has 1 fully saturated rings. The maximum Gasteiger partial charge on any atom is 0.317 e. The molecule has 0 radical (unpaired) electrons. The molecular formula is C17H27N7O. The number of aromatic nitrogens is 4. The number of nitrogens with one attached hydrogen (secondary N) is 2. The molecule has 1 aliphatic heterocycles. The molecule has 8 nitrogen and oxygen atoms in total. The van der Waals surface area contributed by atoms with E-state index in [1.165, 1.54) is 0 Å². The summed E-state index contributed by atoms with van der Waals surface area (Å²) in [6.07, 6.45) is 10.7. The Morgan fingerprint density at radius 2 is 2.28 bits per heavy atom. The number of rotatable bonds is 5. The lowest BCUT2D eigenvalue weighted by Crippen LogP contribution is -2.46. The normalized spacial score (nSPS) is 19.2. The van der Waals surface area contributed by atoms with Crippen molar-refractivity contribution < 1.29 is 4.79 Å². The Bertz CT molecular complexity index is 679. The average Bonchev–Trinajstić information content (AvgIpc) is 3.26. The van der Waals surface area contributed by atoms with Gasteiger partial charge in [0, 0.05) is 43.7 Å². The van der Waals surface area contributed by atoms with Gasteiger partial charge in [-0.3, -0.25) is 9.78 Å². The Morgan fingerprint density at radius 1 is 1.44 bits per heavy atom. The standard InChI is InChI=1S/C17H27N7O/c1-22(2)16(14-10-21-23(3)12-14)11-18-17(25)24-7-5-4-6-15(24)13-8-19-20-9-13/h8-10,12,15-16H,4-7,11H2,1-3H3,(H,18,25)(H,19,20). The Labute approximate surface area is 148 Å². The number of nitrogens with zero attached hydrogens (tertiary/aromatic N) is 5. The van der Waals surface area contributed by atoms with Gasteiger partial charge in [0.15, 0.2) is 0 Å². The van der Waals surface area contributed by atoms with E-state index < -0.39 is 0 Å². The van der Waals surface area contributed by atoms with Gasteiger partial charge in [0.25, 0.3) is 0 Å². The van der Waals surface area contributed by atoms with E-state index in [1.807, 2.05) is 50.8 Å². The number of hydrogen-bond acceptors (Lipinski definition) is 4. The van der Waals surface area contributed by atoms with Gasteiger partial charge in [0.05, 0.1) is 24.5 Å². The fourth-order valence-corrected chi connectivity index (χ4v) is 3.46. The first-order valence-electron chi connectivity index (χ1n) is 8.74. The number of aryl methyl sites for hydroxylation is 1. The quantitative estimate of drug-likeness (QED) is 0.864. The van der Waals surface area contributed by atoms with Gasteiger partial charge in [-0.15, -0.1) is 0 Å². The third-order valence-corrected chi connectivity index (χ3v) is 4.85. The van der Waals surface area contributed by atoms with E-state index in [0.717, 1.165) is 36.9 Å². The van der Waals surface area contributed by atoms with E-state index in [4.69, 9.17) is 0 Å². The van der Waals surface area contributed by atoms with E-state index >= 15 is 0 Å². The third-order valence-electron chi connectivity index (χ3n) is 4.85. The molecule has 25 heavy (non-hydrogen) atoms. The van der Waals surface area contributed by atoms with Crippen molar-refractivity contribution in [2.75, 3.05) is 27.2 Å². The summed E-state index contributed by atoms with van der Waals surface area (Å²) in [5.41, 5.74) is 2.17. The predicted molar refractivity (Wildman–Crippen MR) is 94.9 cm³/mol. The minimum absolute atomic E-state index is 0.0124. The second-order valence-electron chi connectivity index (χ2n) is 6.85. The number of carbonyl (C=O) groups is 1. The molecule has 8 heteroatoms. The van der Waals surface area contributed by atoms with Gasteiger partial charge in [0.1, 0.15) is 0 Å². The summed E-state index contributed by atoms with van der Waals surface area (Å²) >= 11 is 0. The molecule has 2 atom stereocenters. The SMILES string of the molecule is CN(C)C(CNC(=O)N1CCCCC1c1cn[nH]c1)c1cnn(C)c1. The Morgan fingerprint density at radius 3 is 2.92 bits per heavy atom. The third kappa shape index (κ3) is 4.01. The van der Waals surface area contributed by atoms with Crippen LogP contribution in [0.5, 0.6) is 0 Å². The minimum Gasteiger partial charge on any atom is -0.336 e. The van der Waals surface area contributed by atoms with Gasteiger partial charge < -0.3 is 15.1 Å². The van der Waals surface area contributed by atoms with Crippen LogP contribution >= 0.6 is 0 Å². The van der Waals surface area contributed by atoms with Gasteiger partial charge >= 0.3 is 6.03 Å². The first-order valence-corrected chi connectivity index (χ1v) is 8.74. The van der Waals surface area contributed by atoms with Crippen molar-refractivity contribution in [1.29, 1.82) is 0 Å². The van der Waals surface area contributed by atoms with Crippen LogP contribution < -0.4 is 5.32 Å². The molecule has 136 valence electrons. The molecule has 2 unspecified atom stereocenters. The number of aromatic amines is 1. The van der Waals surface area contributed by atoms with Crippen molar-refractivity contribution in [3.63, 3.8) is 0 Å². The van der Waals surface area contributed by atoms with Crippen LogP contribution in [0.25, 0.3) is 0 Å². The fraction of sp³-hybridized carbons (Fsp3) is 0.588. The maximum atomic E-state index is 12.8. The highest BCUT2D eigenvalue weighted by Crippen LogP contribution is 2.30. The highest BCUT2D eigenvalue weighted by atomic mass is 16.2. The van der Waals surface area contributed by atoms with Gasteiger partial charge in [-0.25, -0.2) is 4.79 Å². The van der Waals surface area contributed by atoms with Crippen molar-refractivity contribution in [2.24, 2.45) is 7.05 Å². The van der Waals surface area contributed by atoms with Crippen molar-refractivity contribution in [2.45, 2.75) is 31.3 Å². The zero-order valence-corrected chi connectivity index (χ0v) is 15.1. The maximum absolute atomic E-state index is 12.8. The van der Waals surface area contributed by atoms with Gasteiger partial charge in [0.2, 0.25) is 0 Å². The topological polar surface area (TPSA) is 82.1 Å². The number of H-pyrrole nitrogens is 1. The zero-order valence-electron chi connectivity index (χ0n) is 15.1. The fourth-order valence-electron chi connectivity index (χ4n) is 3.46. The number of hydrogen-bond donors (Lipinski definition) is 2. The highest BCUT2D eigenvalue weighted by Gasteiger charge is 2.29. The molecule has 1 aliphatic rings. The van der Waals surface area contributed by atoms with Gasteiger partial charge in [-0.1, -0.05) is 0 Å². The van der Waals surface area contributed by atoms with Crippen LogP contribution in [-0.4, -0.2) is 63.0 Å². The number of piperidine rings is 1. The first-order chi connectivity index (χ1) is 12.1. The first kappa shape index (κ1) is 17.5. The summed E-state index contributed by atoms with van der Waals surface area (Å²) in [6.45, 7) is 1.33. The Kier molecular flexibility index (Phi) is 5.37. The zero-order chi connectivity index (χ0) is 17.8. The summed E-state index contributed by atoms with van der Waals surface area (Å²) in [5.74, 6) is 0. The number of urea groups is 1. The van der Waals surface area contributed by atoms with Crippen molar-refractivity contribution in [3.8, 4) is 0 Å². The second kappa shape index (κ2) is 7.69. The number of carbonyl (C=O) groups excluding carboxylic acids is 1. The molecule has 0 spiro atoms. The Balaban J connectivity index is 1.65. The van der Waals surface area contributed by atoms with E-state index in [0.29, 0.717) is 6.54 Å². The van der Waals surface area contributed by atoms with E-state index in [-0.39, 0.29) is 18.1 Å². The molecule has 0 aromatic carbocycles. The van der Waals surface area contributed by atoms with Crippen LogP contribution in [-0.2, 0) is 7.05 Å². The van der Waals surface area contributed by atoms with Crippen LogP contribution in [0, 0.1) is 0 Å². The van der Waals surface area contributed by atoms with Crippen LogP contribution in [0.1, 0.15) is 42.5 Å². The summed E-state index contributed by atoms with van der Waals surface area (Å²) in [4.78, 5) is 16.8. The Hall–Kier alpha value is -2.35. The molecule has 3 heterocycles. The summed E-state index contributed by atoms with van der Waals surface area (Å²) in [6, 6.07) is 0.181. The molecule has 2 N–H and O–H groups in total. The van der Waals surface area contributed by atoms with Crippen LogP contribution in [0.15, 0.2) is 24.8 Å². The number of likely N-dealkylation sites (tertiary alicyclic amines) is 1. The van der Waals surface area contributed by atoms with Crippen molar-refractivity contribution in [1.82, 2.24) is 35.1 Å². The van der Waals surface area contributed by atoms with E-state index in [1.54, 1.807) is 4.68 Å². The van der Waals surface area contributed by atoms with Gasteiger partial charge in [-0.2, -0.15) is 10.2 Å². The predicted octanol–water partition coefficient (Wildman–Crippen LogP) is 1.68. The molecule has 2 aromatic heterocycles. The van der Waals surface area contributed by atoms with Crippen LogP contribution in [0.4, 0.5) is 4.79 Å². The largest absolute Gasteiger partial charge is 0.336 e. The average molecular weight is 345 g/mol. The van der Waals surface area contributed by atoms with Crippen LogP contribution in [0.2, 0.25) is 0 Å². The minimum atomic E-state index is -0.0124. The molecule has 3 rings (SSSR count). The molecule has 2 aromatic rings. The van der Waals surface area contributed by atoms with Gasteiger partial charge in [-0.05, 0) is 33.4 Å². The molecule has 2 amide bonds. The molecule has 0 bridgehead atoms. The van der Waals surface area contributed by atoms with E-state index in [2.05, 4.69) is 25.5 Å². The highest BCUT2D eigenvalue weighted by molar-refractivity contribution is 5.75. The second-order valence-corrected chi connectivity index (χ2v) is 6.85. The van der Waals surface area contributed by atoms with Crippen molar-refractivity contribution in [3.05, 3.63) is 35.9 Å². The summed E-state index contributed by atoms with van der Waals surface area (Å²) < 4.78 is 1.78. The molecule has 0 saturated carbocycles. The molecular weight excluding hydrogens is 318 g/mol. The molecule has 1 saturated heterocycles. The summed E-state index contributed by atoms with van der Waals surface area (Å²) in [7, 11) is 5.93. The lowest BCUT2D eigenvalue weighted by Gasteiger charge is -2.36. The molecule has 0 aliphatic carbocycles. The summed E-state index contributed by atoms with van der Waals surface area (Å²) in [5, 5.41) is 14.2. The number of likely N-dealkylation sites (N-methyl/N-ethyl adjacent to an activating group) is 1.